The van der Waals surface area contributed by atoms with E-state index in [2.05, 4.69) is 5.32 Å². The van der Waals surface area contributed by atoms with E-state index < -0.39 is 17.5 Å². The van der Waals surface area contributed by atoms with Crippen LogP contribution in [0.1, 0.15) is 23.6 Å². The molecular formula is C21H22ClN3O3. The lowest BCUT2D eigenvalue weighted by Crippen LogP contribution is -2.43. The topological polar surface area (TPSA) is 69.7 Å². The van der Waals surface area contributed by atoms with E-state index in [4.69, 9.17) is 11.6 Å². The first-order chi connectivity index (χ1) is 13.2. The van der Waals surface area contributed by atoms with Gasteiger partial charge in [-0.05, 0) is 25.5 Å². The van der Waals surface area contributed by atoms with E-state index in [9.17, 15) is 14.4 Å². The fraction of sp³-hybridized carbons (Fsp3) is 0.286. The standard InChI is InChI=1S/C21H22ClN3O3/c1-14-8-10-15(11-9-14)12-24(3)18(26)13-25-19(27)21(2,23-20(25)28)16-6-4-5-7-17(16)22/h4-11H,12-13H2,1-3H3,(H,23,28). The fourth-order valence-corrected chi connectivity index (χ4v) is 3.53. The second-order valence-electron chi connectivity index (χ2n) is 7.16. The van der Waals surface area contributed by atoms with Gasteiger partial charge in [0.25, 0.3) is 5.91 Å². The van der Waals surface area contributed by atoms with Gasteiger partial charge in [0.2, 0.25) is 5.91 Å². The van der Waals surface area contributed by atoms with Crippen molar-refractivity contribution in [1.82, 2.24) is 15.1 Å². The van der Waals surface area contributed by atoms with E-state index in [1.54, 1.807) is 38.2 Å². The number of carbonyl (C=O) groups is 3. The predicted molar refractivity (Wildman–Crippen MR) is 107 cm³/mol. The van der Waals surface area contributed by atoms with Gasteiger partial charge in [-0.3, -0.25) is 14.5 Å². The Balaban J connectivity index is 1.72. The van der Waals surface area contributed by atoms with Crippen molar-refractivity contribution in [1.29, 1.82) is 0 Å². The molecule has 2 aromatic rings. The largest absolute Gasteiger partial charge is 0.340 e. The van der Waals surface area contributed by atoms with Gasteiger partial charge >= 0.3 is 6.03 Å². The van der Waals surface area contributed by atoms with Gasteiger partial charge in [-0.1, -0.05) is 59.6 Å². The van der Waals surface area contributed by atoms with Crippen LogP contribution in [0.4, 0.5) is 4.79 Å². The number of hydrogen-bond donors (Lipinski definition) is 1. The quantitative estimate of drug-likeness (QED) is 0.785. The number of nitrogens with zero attached hydrogens (tertiary/aromatic N) is 2. The third-order valence-corrected chi connectivity index (χ3v) is 5.28. The molecule has 1 aliphatic rings. The van der Waals surface area contributed by atoms with Crippen LogP contribution in [0.15, 0.2) is 48.5 Å². The Morgan fingerprint density at radius 3 is 2.43 bits per heavy atom. The second-order valence-corrected chi connectivity index (χ2v) is 7.57. The van der Waals surface area contributed by atoms with E-state index in [0.717, 1.165) is 16.0 Å². The van der Waals surface area contributed by atoms with Crippen LogP contribution < -0.4 is 5.32 Å². The van der Waals surface area contributed by atoms with Gasteiger partial charge in [-0.2, -0.15) is 0 Å². The van der Waals surface area contributed by atoms with Gasteiger partial charge in [0.1, 0.15) is 12.1 Å². The lowest BCUT2D eigenvalue weighted by Gasteiger charge is -2.24. The first kappa shape index (κ1) is 19.9. The maximum absolute atomic E-state index is 13.0. The van der Waals surface area contributed by atoms with Crippen LogP contribution in [0.25, 0.3) is 0 Å². The van der Waals surface area contributed by atoms with Gasteiger partial charge in [-0.15, -0.1) is 0 Å². The number of benzene rings is 2. The van der Waals surface area contributed by atoms with E-state index in [1.165, 1.54) is 4.90 Å². The number of hydrogen-bond acceptors (Lipinski definition) is 3. The summed E-state index contributed by atoms with van der Waals surface area (Å²) in [6.07, 6.45) is 0. The molecule has 6 nitrogen and oxygen atoms in total. The summed E-state index contributed by atoms with van der Waals surface area (Å²) in [7, 11) is 1.65. The number of nitrogens with one attached hydrogen (secondary N) is 1. The summed E-state index contributed by atoms with van der Waals surface area (Å²) in [6, 6.07) is 14.1. The van der Waals surface area contributed by atoms with Gasteiger partial charge < -0.3 is 10.2 Å². The van der Waals surface area contributed by atoms with Gasteiger partial charge in [0, 0.05) is 24.2 Å². The van der Waals surface area contributed by atoms with Crippen LogP contribution in [0.5, 0.6) is 0 Å². The molecule has 2 aromatic carbocycles. The number of urea groups is 1. The molecule has 28 heavy (non-hydrogen) atoms. The molecule has 1 N–H and O–H groups in total. The average Bonchev–Trinajstić information content (AvgIpc) is 2.87. The molecule has 0 aliphatic carbocycles. The number of halogens is 1. The van der Waals surface area contributed by atoms with Crippen LogP contribution in [0.2, 0.25) is 5.02 Å². The second kappa shape index (κ2) is 7.64. The summed E-state index contributed by atoms with van der Waals surface area (Å²) < 4.78 is 0. The molecule has 1 aliphatic heterocycles. The zero-order valence-corrected chi connectivity index (χ0v) is 16.8. The lowest BCUT2D eigenvalue weighted by atomic mass is 9.92. The molecule has 0 bridgehead atoms. The predicted octanol–water partition coefficient (Wildman–Crippen LogP) is 3.07. The van der Waals surface area contributed by atoms with Gasteiger partial charge in [0.15, 0.2) is 0 Å². The Kier molecular flexibility index (Phi) is 5.42. The average molecular weight is 400 g/mol. The van der Waals surface area contributed by atoms with Crippen molar-refractivity contribution in [2.75, 3.05) is 13.6 Å². The van der Waals surface area contributed by atoms with Crippen LogP contribution in [0, 0.1) is 6.92 Å². The molecule has 0 saturated carbocycles. The molecule has 0 radical (unpaired) electrons. The third kappa shape index (κ3) is 3.73. The maximum Gasteiger partial charge on any atom is 0.325 e. The highest BCUT2D eigenvalue weighted by Gasteiger charge is 2.50. The summed E-state index contributed by atoms with van der Waals surface area (Å²) in [5.74, 6) is -0.824. The zero-order valence-electron chi connectivity index (χ0n) is 16.0. The summed E-state index contributed by atoms with van der Waals surface area (Å²) in [5, 5.41) is 3.05. The fourth-order valence-electron chi connectivity index (χ4n) is 3.20. The van der Waals surface area contributed by atoms with E-state index in [1.807, 2.05) is 31.2 Å². The van der Waals surface area contributed by atoms with E-state index in [-0.39, 0.29) is 12.5 Å². The molecule has 3 rings (SSSR count). The Morgan fingerprint density at radius 2 is 1.79 bits per heavy atom. The van der Waals surface area contributed by atoms with Crippen LogP contribution in [0.3, 0.4) is 0 Å². The van der Waals surface area contributed by atoms with Crippen LogP contribution in [-0.4, -0.2) is 41.2 Å². The summed E-state index contributed by atoms with van der Waals surface area (Å²) in [6.45, 7) is 3.65. The molecule has 0 aromatic heterocycles. The highest BCUT2D eigenvalue weighted by molar-refractivity contribution is 6.32. The number of imide groups is 1. The number of aryl methyl sites for hydroxylation is 1. The van der Waals surface area contributed by atoms with Crippen molar-refractivity contribution in [3.05, 3.63) is 70.2 Å². The normalized spacial score (nSPS) is 18.9. The first-order valence-corrected chi connectivity index (χ1v) is 9.29. The monoisotopic (exact) mass is 399 g/mol. The molecule has 1 atom stereocenters. The highest BCUT2D eigenvalue weighted by Crippen LogP contribution is 2.33. The minimum atomic E-state index is -1.30. The third-order valence-electron chi connectivity index (χ3n) is 4.95. The molecule has 146 valence electrons. The highest BCUT2D eigenvalue weighted by atomic mass is 35.5. The number of amides is 4. The van der Waals surface area contributed by atoms with Crippen LogP contribution >= 0.6 is 11.6 Å². The van der Waals surface area contributed by atoms with Gasteiger partial charge in [-0.25, -0.2) is 4.79 Å². The maximum atomic E-state index is 13.0. The van der Waals surface area contributed by atoms with Crippen molar-refractivity contribution in [3.63, 3.8) is 0 Å². The van der Waals surface area contributed by atoms with Crippen molar-refractivity contribution < 1.29 is 14.4 Å². The molecule has 7 heteroatoms. The van der Waals surface area contributed by atoms with Crippen molar-refractivity contribution in [3.8, 4) is 0 Å². The lowest BCUT2D eigenvalue weighted by molar-refractivity contribution is -0.138. The molecule has 1 heterocycles. The molecular weight excluding hydrogens is 378 g/mol. The number of likely N-dealkylation sites (N-methyl/N-ethyl adjacent to an activating group) is 1. The minimum Gasteiger partial charge on any atom is -0.340 e. The summed E-state index contributed by atoms with van der Waals surface area (Å²) in [4.78, 5) is 40.4. The van der Waals surface area contributed by atoms with E-state index >= 15 is 0 Å². The zero-order chi connectivity index (χ0) is 20.5. The first-order valence-electron chi connectivity index (χ1n) is 8.91. The van der Waals surface area contributed by atoms with Crippen molar-refractivity contribution >= 4 is 29.4 Å². The summed E-state index contributed by atoms with van der Waals surface area (Å²) >= 11 is 6.22. The van der Waals surface area contributed by atoms with Crippen LogP contribution in [-0.2, 0) is 21.7 Å². The molecule has 0 spiro atoms. The summed E-state index contributed by atoms with van der Waals surface area (Å²) in [5.41, 5.74) is 1.30. The van der Waals surface area contributed by atoms with Crippen molar-refractivity contribution in [2.24, 2.45) is 0 Å². The Hall–Kier alpha value is -2.86. The Labute approximate surface area is 169 Å². The number of rotatable bonds is 5. The van der Waals surface area contributed by atoms with E-state index in [0.29, 0.717) is 17.1 Å². The molecule has 1 unspecified atom stereocenters. The Morgan fingerprint density at radius 1 is 1.14 bits per heavy atom. The van der Waals surface area contributed by atoms with Gasteiger partial charge in [0.05, 0.1) is 0 Å². The molecule has 1 saturated heterocycles. The van der Waals surface area contributed by atoms with Crippen molar-refractivity contribution in [2.45, 2.75) is 25.9 Å². The molecule has 4 amide bonds. The molecule has 1 fully saturated rings. The minimum absolute atomic E-state index is 0.326. The smallest absolute Gasteiger partial charge is 0.325 e. The Bertz CT molecular complexity index is 929. The SMILES string of the molecule is Cc1ccc(CN(C)C(=O)CN2C(=O)NC(C)(c3ccccc3Cl)C2=O)cc1. The number of carbonyl (C=O) groups excluding carboxylic acids is 3.